The van der Waals surface area contributed by atoms with Crippen LogP contribution in [0.3, 0.4) is 0 Å². The van der Waals surface area contributed by atoms with Crippen LogP contribution in [0.15, 0.2) is 41.3 Å². The van der Waals surface area contributed by atoms with E-state index in [9.17, 15) is 4.79 Å². The van der Waals surface area contributed by atoms with Crippen LogP contribution < -0.4 is 10.2 Å². The number of piperidine rings is 1. The molecule has 0 bridgehead atoms. The molecule has 0 radical (unpaired) electrons. The van der Waals surface area contributed by atoms with E-state index in [1.54, 1.807) is 17.5 Å². The number of carbonyl (C=O) groups excluding carboxylic acids is 1. The van der Waals surface area contributed by atoms with E-state index in [1.165, 1.54) is 17.1 Å². The number of aromatic nitrogens is 3. The Bertz CT molecular complexity index is 892. The number of nitrogens with zero attached hydrogens (tertiary/aromatic N) is 4. The molecule has 25 heavy (non-hydrogen) atoms. The summed E-state index contributed by atoms with van der Waals surface area (Å²) in [6, 6.07) is 6.31. The minimum Gasteiger partial charge on any atom is -0.348 e. The fourth-order valence-electron chi connectivity index (χ4n) is 2.91. The Kier molecular flexibility index (Phi) is 4.63. The van der Waals surface area contributed by atoms with E-state index in [0.717, 1.165) is 41.1 Å². The maximum atomic E-state index is 12.2. The topological polar surface area (TPSA) is 71.0 Å². The largest absolute Gasteiger partial charge is 0.348 e. The van der Waals surface area contributed by atoms with Crippen molar-refractivity contribution in [1.29, 1.82) is 0 Å². The lowest BCUT2D eigenvalue weighted by molar-refractivity contribution is 0.0925. The highest BCUT2D eigenvalue weighted by atomic mass is 79.9. The number of rotatable bonds is 3. The summed E-state index contributed by atoms with van der Waals surface area (Å²) in [5.74, 6) is -0.156. The van der Waals surface area contributed by atoms with Crippen LogP contribution in [0, 0.1) is 0 Å². The number of amides is 1. The fourth-order valence-corrected chi connectivity index (χ4v) is 4.48. The van der Waals surface area contributed by atoms with Gasteiger partial charge in [0.05, 0.1) is 16.4 Å². The molecule has 1 aliphatic rings. The minimum atomic E-state index is -0.156. The van der Waals surface area contributed by atoms with Gasteiger partial charge in [-0.1, -0.05) is 27.3 Å². The third-order valence-electron chi connectivity index (χ3n) is 4.24. The van der Waals surface area contributed by atoms with Gasteiger partial charge in [0.25, 0.3) is 5.91 Å². The van der Waals surface area contributed by atoms with Gasteiger partial charge in [-0.05, 0) is 31.0 Å². The second-order valence-electron chi connectivity index (χ2n) is 5.93. The van der Waals surface area contributed by atoms with Crippen LogP contribution in [0.2, 0.25) is 0 Å². The Balaban J connectivity index is 1.38. The van der Waals surface area contributed by atoms with Gasteiger partial charge in [-0.2, -0.15) is 0 Å². The molecule has 8 heteroatoms. The molecule has 0 aliphatic carbocycles. The van der Waals surface area contributed by atoms with Gasteiger partial charge in [-0.15, -0.1) is 0 Å². The molecule has 1 aromatic carbocycles. The lowest BCUT2D eigenvalue weighted by atomic mass is 10.1. The molecule has 3 heterocycles. The molecule has 0 atom stereocenters. The average Bonchev–Trinajstić information content (AvgIpc) is 3.06. The molecule has 1 saturated heterocycles. The van der Waals surface area contributed by atoms with Crippen LogP contribution in [-0.4, -0.2) is 40.0 Å². The van der Waals surface area contributed by atoms with Crippen molar-refractivity contribution in [2.24, 2.45) is 0 Å². The summed E-state index contributed by atoms with van der Waals surface area (Å²) in [6.07, 6.45) is 6.37. The summed E-state index contributed by atoms with van der Waals surface area (Å²) >= 11 is 5.21. The average molecular weight is 418 g/mol. The number of hydrogen-bond acceptors (Lipinski definition) is 6. The van der Waals surface area contributed by atoms with Gasteiger partial charge in [-0.25, -0.2) is 9.97 Å². The Labute approximate surface area is 157 Å². The van der Waals surface area contributed by atoms with Gasteiger partial charge in [0.15, 0.2) is 5.13 Å². The summed E-state index contributed by atoms with van der Waals surface area (Å²) < 4.78 is 2.25. The highest BCUT2D eigenvalue weighted by molar-refractivity contribution is 9.10. The van der Waals surface area contributed by atoms with Crippen LogP contribution in [0.25, 0.3) is 10.2 Å². The molecule has 1 amide bonds. The zero-order valence-corrected chi connectivity index (χ0v) is 15.8. The van der Waals surface area contributed by atoms with Crippen LogP contribution in [0.4, 0.5) is 5.13 Å². The van der Waals surface area contributed by atoms with Gasteiger partial charge in [0.1, 0.15) is 5.69 Å². The molecule has 6 nitrogen and oxygen atoms in total. The second kappa shape index (κ2) is 7.05. The molecule has 0 spiro atoms. The van der Waals surface area contributed by atoms with Crippen molar-refractivity contribution < 1.29 is 4.79 Å². The quantitative estimate of drug-likeness (QED) is 0.707. The molecule has 0 saturated carbocycles. The van der Waals surface area contributed by atoms with Crippen molar-refractivity contribution >= 4 is 48.5 Å². The fraction of sp³-hybridized carbons (Fsp3) is 0.294. The van der Waals surface area contributed by atoms with E-state index in [0.29, 0.717) is 5.69 Å². The normalized spacial score (nSPS) is 15.5. The zero-order chi connectivity index (χ0) is 17.2. The van der Waals surface area contributed by atoms with Gasteiger partial charge < -0.3 is 10.2 Å². The molecule has 128 valence electrons. The third-order valence-corrected chi connectivity index (χ3v) is 5.81. The Hall–Kier alpha value is -2.06. The molecule has 1 fully saturated rings. The first-order chi connectivity index (χ1) is 12.2. The van der Waals surface area contributed by atoms with Crippen molar-refractivity contribution in [3.8, 4) is 0 Å². The maximum Gasteiger partial charge on any atom is 0.271 e. The number of thiazole rings is 1. The van der Waals surface area contributed by atoms with Gasteiger partial charge in [-0.3, -0.25) is 9.78 Å². The summed E-state index contributed by atoms with van der Waals surface area (Å²) in [4.78, 5) is 27.2. The number of hydrogen-bond donors (Lipinski definition) is 1. The molecule has 4 rings (SSSR count). The second-order valence-corrected chi connectivity index (χ2v) is 7.86. The molecule has 1 aliphatic heterocycles. The maximum absolute atomic E-state index is 12.2. The number of nitrogens with one attached hydrogen (secondary N) is 1. The predicted octanol–water partition coefficient (Wildman–Crippen LogP) is 3.25. The number of benzene rings is 1. The first-order valence-corrected chi connectivity index (χ1v) is 9.68. The Morgan fingerprint density at radius 1 is 1.28 bits per heavy atom. The molecular weight excluding hydrogens is 402 g/mol. The van der Waals surface area contributed by atoms with Crippen molar-refractivity contribution in [2.75, 3.05) is 18.0 Å². The summed E-state index contributed by atoms with van der Waals surface area (Å²) in [5.41, 5.74) is 1.39. The van der Waals surface area contributed by atoms with E-state index in [4.69, 9.17) is 4.98 Å². The third kappa shape index (κ3) is 3.64. The Morgan fingerprint density at radius 2 is 2.12 bits per heavy atom. The molecule has 3 aromatic rings. The van der Waals surface area contributed by atoms with E-state index in [2.05, 4.69) is 42.2 Å². The van der Waals surface area contributed by atoms with Gasteiger partial charge >= 0.3 is 0 Å². The molecule has 2 aromatic heterocycles. The first kappa shape index (κ1) is 16.4. The van der Waals surface area contributed by atoms with Gasteiger partial charge in [0, 0.05) is 36.0 Å². The Morgan fingerprint density at radius 3 is 2.88 bits per heavy atom. The van der Waals surface area contributed by atoms with Crippen molar-refractivity contribution in [3.05, 3.63) is 47.0 Å². The van der Waals surface area contributed by atoms with Crippen molar-refractivity contribution in [2.45, 2.75) is 18.9 Å². The lowest BCUT2D eigenvalue weighted by Gasteiger charge is -2.32. The molecular formula is C17H16BrN5OS. The number of halogens is 1. The smallest absolute Gasteiger partial charge is 0.271 e. The van der Waals surface area contributed by atoms with E-state index >= 15 is 0 Å². The van der Waals surface area contributed by atoms with Crippen LogP contribution in [0.5, 0.6) is 0 Å². The van der Waals surface area contributed by atoms with Gasteiger partial charge in [0.2, 0.25) is 0 Å². The first-order valence-electron chi connectivity index (χ1n) is 8.07. The SMILES string of the molecule is O=C(NC1CCN(c2nc3ccc(Br)cc3s2)CC1)c1cnccn1. The summed E-state index contributed by atoms with van der Waals surface area (Å²) in [6.45, 7) is 1.76. The summed E-state index contributed by atoms with van der Waals surface area (Å²) in [7, 11) is 0. The minimum absolute atomic E-state index is 0.156. The van der Waals surface area contributed by atoms with Crippen LogP contribution in [-0.2, 0) is 0 Å². The van der Waals surface area contributed by atoms with Crippen molar-refractivity contribution in [3.63, 3.8) is 0 Å². The predicted molar refractivity (Wildman–Crippen MR) is 102 cm³/mol. The number of anilines is 1. The highest BCUT2D eigenvalue weighted by Gasteiger charge is 2.23. The number of carbonyl (C=O) groups is 1. The van der Waals surface area contributed by atoms with E-state index in [-0.39, 0.29) is 11.9 Å². The standard InChI is InChI=1S/C17H16BrN5OS/c18-11-1-2-13-15(9-11)25-17(22-13)23-7-3-12(4-8-23)21-16(24)14-10-19-5-6-20-14/h1-2,5-6,9-10,12H,3-4,7-8H2,(H,21,24). The van der Waals surface area contributed by atoms with E-state index in [1.807, 2.05) is 12.1 Å². The zero-order valence-electron chi connectivity index (χ0n) is 13.4. The molecule has 1 N–H and O–H groups in total. The molecule has 0 unspecified atom stereocenters. The van der Waals surface area contributed by atoms with Crippen LogP contribution >= 0.6 is 27.3 Å². The summed E-state index contributed by atoms with van der Waals surface area (Å²) in [5, 5.41) is 4.10. The van der Waals surface area contributed by atoms with Crippen molar-refractivity contribution in [1.82, 2.24) is 20.3 Å². The highest BCUT2D eigenvalue weighted by Crippen LogP contribution is 2.32. The van der Waals surface area contributed by atoms with E-state index < -0.39 is 0 Å². The number of fused-ring (bicyclic) bond motifs is 1. The monoisotopic (exact) mass is 417 g/mol. The lowest BCUT2D eigenvalue weighted by Crippen LogP contribution is -2.44. The van der Waals surface area contributed by atoms with Crippen LogP contribution in [0.1, 0.15) is 23.3 Å².